The third kappa shape index (κ3) is 4.95. The number of nitrogens with zero attached hydrogens (tertiary/aromatic N) is 1. The highest BCUT2D eigenvalue weighted by Crippen LogP contribution is 2.20. The second-order valence-electron chi connectivity index (χ2n) is 7.72. The number of hydrogen-bond donors (Lipinski definition) is 1. The minimum Gasteiger partial charge on any atom is -0.339 e. The van der Waals surface area contributed by atoms with Crippen molar-refractivity contribution in [1.82, 2.24) is 4.90 Å². The van der Waals surface area contributed by atoms with Crippen LogP contribution in [0.15, 0.2) is 78.9 Å². The quantitative estimate of drug-likeness (QED) is 0.645. The first kappa shape index (κ1) is 19.9. The predicted molar refractivity (Wildman–Crippen MR) is 120 cm³/mol. The number of likely N-dealkylation sites (tertiary alicyclic amines) is 1. The minimum absolute atomic E-state index is 0.0717. The van der Waals surface area contributed by atoms with E-state index in [9.17, 15) is 9.59 Å². The smallest absolute Gasteiger partial charge is 0.253 e. The highest BCUT2D eigenvalue weighted by Gasteiger charge is 2.18. The third-order valence-electron chi connectivity index (χ3n) is 5.48. The average molecular weight is 399 g/mol. The Morgan fingerprint density at radius 1 is 0.733 bits per heavy atom. The van der Waals surface area contributed by atoms with Gasteiger partial charge in [0.2, 0.25) is 5.91 Å². The van der Waals surface area contributed by atoms with Crippen LogP contribution in [0.1, 0.15) is 35.2 Å². The fraction of sp³-hybridized carbons (Fsp3) is 0.231. The first-order valence-corrected chi connectivity index (χ1v) is 10.5. The fourth-order valence-corrected chi connectivity index (χ4v) is 3.81. The van der Waals surface area contributed by atoms with Gasteiger partial charge in [-0.05, 0) is 60.2 Å². The van der Waals surface area contributed by atoms with Crippen molar-refractivity contribution >= 4 is 17.5 Å². The van der Waals surface area contributed by atoms with Gasteiger partial charge in [-0.2, -0.15) is 0 Å². The molecule has 4 rings (SSSR count). The van der Waals surface area contributed by atoms with E-state index in [0.29, 0.717) is 17.7 Å². The summed E-state index contributed by atoms with van der Waals surface area (Å²) in [6.07, 6.45) is 3.66. The summed E-state index contributed by atoms with van der Waals surface area (Å²) in [4.78, 5) is 26.9. The van der Waals surface area contributed by atoms with Crippen molar-refractivity contribution in [2.45, 2.75) is 25.7 Å². The summed E-state index contributed by atoms with van der Waals surface area (Å²) in [5, 5.41) is 2.92. The molecule has 4 nitrogen and oxygen atoms in total. The second-order valence-corrected chi connectivity index (χ2v) is 7.72. The van der Waals surface area contributed by atoms with Crippen molar-refractivity contribution in [2.24, 2.45) is 0 Å². The van der Waals surface area contributed by atoms with Gasteiger partial charge in [0.15, 0.2) is 0 Å². The number of carbonyl (C=O) groups is 2. The van der Waals surface area contributed by atoms with Crippen LogP contribution in [0.4, 0.5) is 5.69 Å². The predicted octanol–water partition coefficient (Wildman–Crippen LogP) is 5.16. The van der Waals surface area contributed by atoms with Crippen molar-refractivity contribution < 1.29 is 9.59 Å². The molecular formula is C26H26N2O2. The van der Waals surface area contributed by atoms with Crippen LogP contribution in [0.2, 0.25) is 0 Å². The van der Waals surface area contributed by atoms with Crippen molar-refractivity contribution in [2.75, 3.05) is 18.4 Å². The van der Waals surface area contributed by atoms with E-state index in [4.69, 9.17) is 0 Å². The zero-order chi connectivity index (χ0) is 20.8. The van der Waals surface area contributed by atoms with Gasteiger partial charge in [0.1, 0.15) is 0 Å². The Morgan fingerprint density at radius 2 is 1.37 bits per heavy atom. The SMILES string of the molecule is O=C(Cc1ccc(-c2ccccc2)cc1)Nc1ccc(C(=O)N2CCCCC2)cc1. The van der Waals surface area contributed by atoms with Gasteiger partial charge in [-0.25, -0.2) is 0 Å². The molecule has 0 aliphatic carbocycles. The Balaban J connectivity index is 1.33. The van der Waals surface area contributed by atoms with Gasteiger partial charge >= 0.3 is 0 Å². The normalized spacial score (nSPS) is 13.7. The summed E-state index contributed by atoms with van der Waals surface area (Å²) in [6, 6.07) is 25.4. The number of amides is 2. The molecule has 0 unspecified atom stereocenters. The molecule has 1 aliphatic heterocycles. The lowest BCUT2D eigenvalue weighted by Gasteiger charge is -2.26. The van der Waals surface area contributed by atoms with Crippen molar-refractivity contribution in [1.29, 1.82) is 0 Å². The van der Waals surface area contributed by atoms with Crippen LogP contribution in [0.3, 0.4) is 0 Å². The Labute approximate surface area is 177 Å². The number of rotatable bonds is 5. The minimum atomic E-state index is -0.0717. The Hall–Kier alpha value is -3.40. The molecule has 0 bridgehead atoms. The molecule has 4 heteroatoms. The van der Waals surface area contributed by atoms with Crippen molar-refractivity contribution in [3.05, 3.63) is 90.0 Å². The molecule has 0 spiro atoms. The summed E-state index contributed by atoms with van der Waals surface area (Å²) in [5.74, 6) is 0.00338. The van der Waals surface area contributed by atoms with E-state index >= 15 is 0 Å². The van der Waals surface area contributed by atoms with Crippen LogP contribution in [0, 0.1) is 0 Å². The summed E-state index contributed by atoms with van der Waals surface area (Å²) in [7, 11) is 0. The first-order valence-electron chi connectivity index (χ1n) is 10.5. The Bertz CT molecular complexity index is 989. The van der Waals surface area contributed by atoms with Gasteiger partial charge in [0.05, 0.1) is 6.42 Å². The third-order valence-corrected chi connectivity index (χ3v) is 5.48. The van der Waals surface area contributed by atoms with Crippen LogP contribution in [0.5, 0.6) is 0 Å². The molecule has 2 amide bonds. The lowest BCUT2D eigenvalue weighted by atomic mass is 10.0. The first-order chi connectivity index (χ1) is 14.7. The summed E-state index contributed by atoms with van der Waals surface area (Å²) < 4.78 is 0. The maximum Gasteiger partial charge on any atom is 0.253 e. The monoisotopic (exact) mass is 398 g/mol. The van der Waals surface area contributed by atoms with E-state index in [2.05, 4.69) is 17.4 Å². The molecule has 1 saturated heterocycles. The maximum atomic E-state index is 12.5. The molecule has 1 heterocycles. The molecule has 1 fully saturated rings. The second kappa shape index (κ2) is 9.40. The van der Waals surface area contributed by atoms with E-state index in [1.165, 1.54) is 6.42 Å². The molecule has 0 atom stereocenters. The van der Waals surface area contributed by atoms with Crippen molar-refractivity contribution in [3.63, 3.8) is 0 Å². The highest BCUT2D eigenvalue weighted by molar-refractivity contribution is 5.96. The molecule has 1 aliphatic rings. The molecule has 30 heavy (non-hydrogen) atoms. The molecular weight excluding hydrogens is 372 g/mol. The fourth-order valence-electron chi connectivity index (χ4n) is 3.81. The van der Waals surface area contributed by atoms with Gasteiger partial charge < -0.3 is 10.2 Å². The zero-order valence-corrected chi connectivity index (χ0v) is 17.0. The highest BCUT2D eigenvalue weighted by atomic mass is 16.2. The molecule has 0 radical (unpaired) electrons. The summed E-state index contributed by atoms with van der Waals surface area (Å²) in [5.41, 5.74) is 4.63. The molecule has 3 aromatic carbocycles. The van der Waals surface area contributed by atoms with E-state index in [0.717, 1.165) is 42.6 Å². The van der Waals surface area contributed by atoms with Crippen LogP contribution >= 0.6 is 0 Å². The van der Waals surface area contributed by atoms with E-state index in [1.807, 2.05) is 47.4 Å². The molecule has 3 aromatic rings. The Kier molecular flexibility index (Phi) is 6.23. The van der Waals surface area contributed by atoms with Gasteiger partial charge in [-0.3, -0.25) is 9.59 Å². The van der Waals surface area contributed by atoms with Crippen LogP contribution in [-0.4, -0.2) is 29.8 Å². The van der Waals surface area contributed by atoms with Gasteiger partial charge in [0, 0.05) is 24.3 Å². The standard InChI is InChI=1S/C26H26N2O2/c29-25(19-20-9-11-22(12-10-20)21-7-3-1-4-8-21)27-24-15-13-23(14-16-24)26(30)28-17-5-2-6-18-28/h1,3-4,7-16H,2,5-6,17-19H2,(H,27,29). The molecule has 0 aromatic heterocycles. The largest absolute Gasteiger partial charge is 0.339 e. The number of piperidine rings is 1. The lowest BCUT2D eigenvalue weighted by Crippen LogP contribution is -2.35. The number of benzene rings is 3. The summed E-state index contributed by atoms with van der Waals surface area (Å²) >= 11 is 0. The van der Waals surface area contributed by atoms with Crippen LogP contribution in [0.25, 0.3) is 11.1 Å². The van der Waals surface area contributed by atoms with E-state index < -0.39 is 0 Å². The topological polar surface area (TPSA) is 49.4 Å². The molecule has 152 valence electrons. The number of hydrogen-bond acceptors (Lipinski definition) is 2. The number of nitrogens with one attached hydrogen (secondary N) is 1. The van der Waals surface area contributed by atoms with E-state index in [1.54, 1.807) is 24.3 Å². The van der Waals surface area contributed by atoms with Gasteiger partial charge in [-0.15, -0.1) is 0 Å². The van der Waals surface area contributed by atoms with Gasteiger partial charge in [-0.1, -0.05) is 54.6 Å². The Morgan fingerprint density at radius 3 is 2.03 bits per heavy atom. The van der Waals surface area contributed by atoms with Crippen molar-refractivity contribution in [3.8, 4) is 11.1 Å². The van der Waals surface area contributed by atoms with E-state index in [-0.39, 0.29) is 11.8 Å². The number of anilines is 1. The lowest BCUT2D eigenvalue weighted by molar-refractivity contribution is -0.115. The zero-order valence-electron chi connectivity index (χ0n) is 17.0. The van der Waals surface area contributed by atoms with Gasteiger partial charge in [0.25, 0.3) is 5.91 Å². The number of carbonyl (C=O) groups excluding carboxylic acids is 2. The van der Waals surface area contributed by atoms with Crippen LogP contribution in [-0.2, 0) is 11.2 Å². The average Bonchev–Trinajstić information content (AvgIpc) is 2.81. The molecule has 1 N–H and O–H groups in total. The van der Waals surface area contributed by atoms with Crippen LogP contribution < -0.4 is 5.32 Å². The molecule has 0 saturated carbocycles. The summed E-state index contributed by atoms with van der Waals surface area (Å²) in [6.45, 7) is 1.67. The maximum absolute atomic E-state index is 12.5.